The van der Waals surface area contributed by atoms with Gasteiger partial charge in [-0.2, -0.15) is 10.2 Å². The number of hydrazone groups is 1. The number of hydrogen-bond donors (Lipinski definition) is 2. The number of carbonyl (C=O) groups excluding carboxylic acids is 1. The summed E-state index contributed by atoms with van der Waals surface area (Å²) in [7, 11) is 3.13. The molecule has 0 saturated carbocycles. The Kier molecular flexibility index (Phi) is 7.64. The van der Waals surface area contributed by atoms with Crippen LogP contribution in [-0.4, -0.2) is 43.1 Å². The molecule has 3 aromatic rings. The summed E-state index contributed by atoms with van der Waals surface area (Å²) in [4.78, 5) is 12.4. The first-order chi connectivity index (χ1) is 15.2. The smallest absolute Gasteiger partial charge is 0.289 e. The highest BCUT2D eigenvalue weighted by molar-refractivity contribution is 5.94. The molecule has 8 nitrogen and oxygen atoms in total. The third-order valence-corrected chi connectivity index (χ3v) is 4.53. The van der Waals surface area contributed by atoms with Crippen molar-refractivity contribution in [2.24, 2.45) is 5.10 Å². The van der Waals surface area contributed by atoms with Crippen molar-refractivity contribution in [3.05, 3.63) is 59.8 Å². The minimum atomic E-state index is -0.403. The summed E-state index contributed by atoms with van der Waals surface area (Å²) in [5.74, 6) is 1.53. The van der Waals surface area contributed by atoms with E-state index in [1.54, 1.807) is 38.5 Å². The lowest BCUT2D eigenvalue weighted by Crippen LogP contribution is -2.18. The molecule has 1 amide bonds. The summed E-state index contributed by atoms with van der Waals surface area (Å²) in [6, 6.07) is 14.6. The molecule has 8 heteroatoms. The van der Waals surface area contributed by atoms with Gasteiger partial charge in [-0.05, 0) is 48.4 Å². The molecular formula is C23H26N4O4. The van der Waals surface area contributed by atoms with Crippen molar-refractivity contribution in [2.45, 2.75) is 19.8 Å². The molecule has 0 atom stereocenters. The van der Waals surface area contributed by atoms with Crippen LogP contribution in [0, 0.1) is 0 Å². The first-order valence-electron chi connectivity index (χ1n) is 9.99. The number of rotatable bonds is 10. The summed E-state index contributed by atoms with van der Waals surface area (Å²) in [5, 5.41) is 11.0. The molecule has 0 bridgehead atoms. The van der Waals surface area contributed by atoms with Crippen molar-refractivity contribution in [2.75, 3.05) is 20.8 Å². The van der Waals surface area contributed by atoms with Gasteiger partial charge in [-0.15, -0.1) is 0 Å². The number of para-hydroxylation sites is 1. The SMILES string of the molecule is CCCCOc1ccccc1-c1cc(C(=O)NN=Cc2ccc(OC)c(OC)c2)[nH]n1. The fourth-order valence-corrected chi connectivity index (χ4v) is 2.87. The number of nitrogens with zero attached hydrogens (tertiary/aromatic N) is 2. The standard InChI is InChI=1S/C23H26N4O4/c1-4-5-12-31-20-9-7-6-8-17(20)18-14-19(26-25-18)23(28)27-24-15-16-10-11-21(29-2)22(13-16)30-3/h6-11,13-15H,4-5,12H2,1-3H3,(H,25,26)(H,27,28). The van der Waals surface area contributed by atoms with Crippen LogP contribution in [0.5, 0.6) is 17.2 Å². The number of H-pyrrole nitrogens is 1. The van der Waals surface area contributed by atoms with Crippen molar-refractivity contribution in [3.8, 4) is 28.5 Å². The van der Waals surface area contributed by atoms with Crippen LogP contribution < -0.4 is 19.6 Å². The summed E-state index contributed by atoms with van der Waals surface area (Å²) in [5.41, 5.74) is 4.98. The fraction of sp³-hybridized carbons (Fsp3) is 0.261. The predicted molar refractivity (Wildman–Crippen MR) is 119 cm³/mol. The maximum absolute atomic E-state index is 12.4. The van der Waals surface area contributed by atoms with E-state index in [0.717, 1.165) is 29.7 Å². The van der Waals surface area contributed by atoms with E-state index in [2.05, 4.69) is 27.6 Å². The van der Waals surface area contributed by atoms with Crippen molar-refractivity contribution in [1.82, 2.24) is 15.6 Å². The summed E-state index contributed by atoms with van der Waals surface area (Å²) in [6.07, 6.45) is 3.55. The minimum Gasteiger partial charge on any atom is -0.493 e. The molecule has 2 N–H and O–H groups in total. The molecule has 1 heterocycles. The number of ether oxygens (including phenoxy) is 3. The van der Waals surface area contributed by atoms with Crippen molar-refractivity contribution >= 4 is 12.1 Å². The molecule has 0 unspecified atom stereocenters. The maximum Gasteiger partial charge on any atom is 0.289 e. The molecule has 3 rings (SSSR count). The molecule has 0 aliphatic rings. The summed E-state index contributed by atoms with van der Waals surface area (Å²) < 4.78 is 16.3. The van der Waals surface area contributed by atoms with Crippen molar-refractivity contribution in [1.29, 1.82) is 0 Å². The average molecular weight is 422 g/mol. The van der Waals surface area contributed by atoms with Gasteiger partial charge in [-0.1, -0.05) is 25.5 Å². The van der Waals surface area contributed by atoms with E-state index in [4.69, 9.17) is 14.2 Å². The van der Waals surface area contributed by atoms with Crippen LogP contribution in [-0.2, 0) is 0 Å². The first kappa shape index (κ1) is 21.9. The molecule has 0 aliphatic carbocycles. The van der Waals surface area contributed by atoms with E-state index in [9.17, 15) is 4.79 Å². The van der Waals surface area contributed by atoms with E-state index in [1.807, 2.05) is 24.3 Å². The van der Waals surface area contributed by atoms with Gasteiger partial charge in [0.15, 0.2) is 11.5 Å². The predicted octanol–water partition coefficient (Wildman–Crippen LogP) is 4.04. The topological polar surface area (TPSA) is 97.8 Å². The van der Waals surface area contributed by atoms with E-state index < -0.39 is 5.91 Å². The number of methoxy groups -OCH3 is 2. The van der Waals surface area contributed by atoms with Crippen LogP contribution in [0.2, 0.25) is 0 Å². The Hall–Kier alpha value is -3.81. The number of nitrogens with one attached hydrogen (secondary N) is 2. The second-order valence-corrected chi connectivity index (χ2v) is 6.68. The highest BCUT2D eigenvalue weighted by atomic mass is 16.5. The van der Waals surface area contributed by atoms with Gasteiger partial charge in [0.05, 0.1) is 32.7 Å². The number of benzene rings is 2. The largest absolute Gasteiger partial charge is 0.493 e. The zero-order valence-electron chi connectivity index (χ0n) is 17.8. The van der Waals surface area contributed by atoms with Gasteiger partial charge in [-0.3, -0.25) is 9.89 Å². The Morgan fingerprint density at radius 2 is 1.90 bits per heavy atom. The zero-order valence-corrected chi connectivity index (χ0v) is 17.8. The number of carbonyl (C=O) groups is 1. The molecule has 0 radical (unpaired) electrons. The third kappa shape index (κ3) is 5.63. The molecule has 1 aromatic heterocycles. The van der Waals surface area contributed by atoms with E-state index >= 15 is 0 Å². The first-order valence-corrected chi connectivity index (χ1v) is 9.99. The molecule has 0 aliphatic heterocycles. The van der Waals surface area contributed by atoms with Gasteiger partial charge in [0.2, 0.25) is 0 Å². The molecule has 2 aromatic carbocycles. The maximum atomic E-state index is 12.4. The lowest BCUT2D eigenvalue weighted by atomic mass is 10.1. The molecule has 31 heavy (non-hydrogen) atoms. The quantitative estimate of drug-likeness (QED) is 0.292. The summed E-state index contributed by atoms with van der Waals surface area (Å²) in [6.45, 7) is 2.75. The lowest BCUT2D eigenvalue weighted by molar-refractivity contribution is 0.0950. The van der Waals surface area contributed by atoms with E-state index in [0.29, 0.717) is 29.5 Å². The Morgan fingerprint density at radius 3 is 2.68 bits per heavy atom. The van der Waals surface area contributed by atoms with Gasteiger partial charge < -0.3 is 14.2 Å². The summed E-state index contributed by atoms with van der Waals surface area (Å²) >= 11 is 0. The second kappa shape index (κ2) is 10.8. The van der Waals surface area contributed by atoms with E-state index in [1.165, 1.54) is 6.21 Å². The van der Waals surface area contributed by atoms with Gasteiger partial charge in [0, 0.05) is 5.56 Å². The number of aromatic nitrogens is 2. The highest BCUT2D eigenvalue weighted by Gasteiger charge is 2.13. The number of amides is 1. The highest BCUT2D eigenvalue weighted by Crippen LogP contribution is 2.29. The number of hydrogen-bond acceptors (Lipinski definition) is 6. The zero-order chi connectivity index (χ0) is 22.1. The van der Waals surface area contributed by atoms with E-state index in [-0.39, 0.29) is 0 Å². The average Bonchev–Trinajstić information content (AvgIpc) is 3.29. The van der Waals surface area contributed by atoms with Crippen LogP contribution >= 0.6 is 0 Å². The Balaban J connectivity index is 1.67. The Bertz CT molecular complexity index is 1050. The van der Waals surface area contributed by atoms with Crippen LogP contribution in [0.15, 0.2) is 53.6 Å². The molecular weight excluding hydrogens is 396 g/mol. The van der Waals surface area contributed by atoms with Crippen molar-refractivity contribution in [3.63, 3.8) is 0 Å². The van der Waals surface area contributed by atoms with Crippen molar-refractivity contribution < 1.29 is 19.0 Å². The van der Waals surface area contributed by atoms with Gasteiger partial charge in [-0.25, -0.2) is 5.43 Å². The lowest BCUT2D eigenvalue weighted by Gasteiger charge is -2.09. The van der Waals surface area contributed by atoms with Gasteiger partial charge in [0.1, 0.15) is 11.4 Å². The second-order valence-electron chi connectivity index (χ2n) is 6.68. The monoisotopic (exact) mass is 422 g/mol. The normalized spacial score (nSPS) is 10.8. The van der Waals surface area contributed by atoms with Crippen LogP contribution in [0.3, 0.4) is 0 Å². The third-order valence-electron chi connectivity index (χ3n) is 4.53. The molecule has 162 valence electrons. The van der Waals surface area contributed by atoms with Gasteiger partial charge >= 0.3 is 0 Å². The van der Waals surface area contributed by atoms with Crippen LogP contribution in [0.4, 0.5) is 0 Å². The molecule has 0 fully saturated rings. The van der Waals surface area contributed by atoms with Gasteiger partial charge in [0.25, 0.3) is 5.91 Å². The minimum absolute atomic E-state index is 0.294. The Morgan fingerprint density at radius 1 is 1.10 bits per heavy atom. The van der Waals surface area contributed by atoms with Crippen LogP contribution in [0.1, 0.15) is 35.8 Å². The number of aromatic amines is 1. The Labute approximate surface area is 181 Å². The molecule has 0 saturated heterocycles. The number of unbranched alkanes of at least 4 members (excludes halogenated alkanes) is 1. The van der Waals surface area contributed by atoms with Crippen LogP contribution in [0.25, 0.3) is 11.3 Å². The molecule has 0 spiro atoms. The fourth-order valence-electron chi connectivity index (χ4n) is 2.87.